The van der Waals surface area contributed by atoms with E-state index >= 15 is 0 Å². The Morgan fingerprint density at radius 1 is 1.05 bits per heavy atom. The predicted molar refractivity (Wildman–Crippen MR) is 166 cm³/mol. The molecule has 0 aliphatic rings. The molecule has 2 heterocycles. The average molecular weight is 616 g/mol. The van der Waals surface area contributed by atoms with Gasteiger partial charge in [0.1, 0.15) is 22.2 Å². The number of unbranched alkanes of at least 4 members (excludes halogenated alkanes) is 1. The zero-order valence-corrected chi connectivity index (χ0v) is 26.7. The normalized spacial score (nSPS) is 13.0. The third kappa shape index (κ3) is 9.37. The van der Waals surface area contributed by atoms with E-state index in [2.05, 4.69) is 42.6 Å². The summed E-state index contributed by atoms with van der Waals surface area (Å²) >= 11 is 1.10. The lowest BCUT2D eigenvalue weighted by Crippen LogP contribution is -2.40. The van der Waals surface area contributed by atoms with Crippen molar-refractivity contribution in [3.8, 4) is 0 Å². The number of nitrogens with one attached hydrogen (secondary N) is 1. The molecule has 3 rings (SSSR count). The number of benzene rings is 1. The van der Waals surface area contributed by atoms with Gasteiger partial charge in [0.05, 0.1) is 11.7 Å². The summed E-state index contributed by atoms with van der Waals surface area (Å²) in [6.45, 7) is 11.0. The Morgan fingerprint density at radius 2 is 1.74 bits per heavy atom. The van der Waals surface area contributed by atoms with Crippen molar-refractivity contribution in [2.45, 2.75) is 88.5 Å². The van der Waals surface area contributed by atoms with Gasteiger partial charge in [-0.3, -0.25) is 9.69 Å². The van der Waals surface area contributed by atoms with Crippen LogP contribution in [0.25, 0.3) is 0 Å². The summed E-state index contributed by atoms with van der Waals surface area (Å²) in [5.74, 6) is -1.21. The first kappa shape index (κ1) is 33.2. The number of rotatable bonds is 13. The van der Waals surface area contributed by atoms with Crippen molar-refractivity contribution in [3.05, 3.63) is 76.8 Å². The quantitative estimate of drug-likeness (QED) is 0.219. The molecule has 0 aliphatic carbocycles. The second-order valence-corrected chi connectivity index (χ2v) is 14.8. The zero-order valence-electron chi connectivity index (χ0n) is 25.1. The third-order valence-corrected chi connectivity index (χ3v) is 9.55. The van der Waals surface area contributed by atoms with Gasteiger partial charge in [-0.2, -0.15) is 0 Å². The van der Waals surface area contributed by atoms with E-state index in [0.717, 1.165) is 41.1 Å². The van der Waals surface area contributed by atoms with E-state index < -0.39 is 40.3 Å². The van der Waals surface area contributed by atoms with Crippen LogP contribution in [0.3, 0.4) is 0 Å². The summed E-state index contributed by atoms with van der Waals surface area (Å²) in [5, 5.41) is 11.2. The molecule has 1 unspecified atom stereocenters. The Morgan fingerprint density at radius 3 is 2.31 bits per heavy atom. The van der Waals surface area contributed by atoms with Crippen LogP contribution in [-0.2, 0) is 31.4 Å². The van der Waals surface area contributed by atoms with E-state index in [1.54, 1.807) is 44.4 Å². The van der Waals surface area contributed by atoms with E-state index in [-0.39, 0.29) is 21.9 Å². The number of aromatic nitrogens is 1. The fourth-order valence-electron chi connectivity index (χ4n) is 4.43. The highest BCUT2D eigenvalue weighted by Crippen LogP contribution is 2.30. The molecular formula is C31H41N3O6S2. The number of carboxylic acids is 1. The zero-order chi connectivity index (χ0) is 31.1. The molecule has 1 amide bonds. The molecule has 0 fully saturated rings. The Kier molecular flexibility index (Phi) is 10.9. The van der Waals surface area contributed by atoms with Gasteiger partial charge in [-0.1, -0.05) is 70.0 Å². The van der Waals surface area contributed by atoms with Crippen LogP contribution in [0.4, 0.5) is 10.6 Å². The van der Waals surface area contributed by atoms with Crippen molar-refractivity contribution in [2.24, 2.45) is 0 Å². The number of carbonyl (C=O) groups excluding carboxylic acids is 1. The second-order valence-electron chi connectivity index (χ2n) is 11.9. The molecule has 0 aliphatic heterocycles. The lowest BCUT2D eigenvalue weighted by Gasteiger charge is -2.27. The van der Waals surface area contributed by atoms with Crippen LogP contribution >= 0.6 is 11.3 Å². The summed E-state index contributed by atoms with van der Waals surface area (Å²) < 4.78 is 34.9. The van der Waals surface area contributed by atoms with Crippen LogP contribution in [0.15, 0.2) is 64.2 Å². The minimum Gasteiger partial charge on any atom is -0.480 e. The van der Waals surface area contributed by atoms with Crippen molar-refractivity contribution in [2.75, 3.05) is 11.4 Å². The smallest absolute Gasteiger partial charge is 0.416 e. The number of carbonyl (C=O) groups is 2. The summed E-state index contributed by atoms with van der Waals surface area (Å²) in [7, 11) is -3.89. The molecule has 1 aromatic carbocycles. The van der Waals surface area contributed by atoms with Crippen LogP contribution < -0.4 is 9.62 Å². The minimum absolute atomic E-state index is 0.0137. The van der Waals surface area contributed by atoms with Gasteiger partial charge in [0.15, 0.2) is 0 Å². The SMILES string of the molecule is CCCCC(C)(C)c1ccc(CC(NS(=O)(=O)c2cccs2)c2cccc(N(CC(=O)O)C(=O)OC(C)(C)C)n2)cc1. The predicted octanol–water partition coefficient (Wildman–Crippen LogP) is 6.70. The topological polar surface area (TPSA) is 126 Å². The highest BCUT2D eigenvalue weighted by Gasteiger charge is 2.29. The van der Waals surface area contributed by atoms with Gasteiger partial charge in [0.25, 0.3) is 10.0 Å². The Labute approximate surface area is 253 Å². The van der Waals surface area contributed by atoms with Crippen molar-refractivity contribution in [3.63, 3.8) is 0 Å². The van der Waals surface area contributed by atoms with Gasteiger partial charge < -0.3 is 9.84 Å². The number of nitrogens with zero attached hydrogens (tertiary/aromatic N) is 2. The Hall–Kier alpha value is -3.28. The van der Waals surface area contributed by atoms with Crippen molar-refractivity contribution < 1.29 is 27.9 Å². The van der Waals surface area contributed by atoms with Gasteiger partial charge >= 0.3 is 12.1 Å². The summed E-state index contributed by atoms with van der Waals surface area (Å²) in [5.41, 5.74) is 1.59. The maximum absolute atomic E-state index is 13.3. The fourth-order valence-corrected chi connectivity index (χ4v) is 6.65. The van der Waals surface area contributed by atoms with Gasteiger partial charge in [-0.05, 0) is 73.7 Å². The molecule has 0 radical (unpaired) electrons. The second kappa shape index (κ2) is 13.8. The molecule has 0 bridgehead atoms. The van der Waals surface area contributed by atoms with Crippen LogP contribution in [0.2, 0.25) is 0 Å². The molecule has 2 N–H and O–H groups in total. The standard InChI is InChI=1S/C31H41N3O6S2/c1-7-8-18-31(5,6)23-16-14-22(15-17-23)20-25(33-42(38,39)28-13-10-19-41-28)24-11-9-12-26(32-24)34(21-27(35)36)29(37)40-30(2,3)4/h9-17,19,25,33H,7-8,18,20-21H2,1-6H3,(H,35,36). The number of carboxylic acid groups (broad SMARTS) is 1. The summed E-state index contributed by atoms with van der Waals surface area (Å²) in [6.07, 6.45) is 2.73. The molecular weight excluding hydrogens is 574 g/mol. The molecule has 0 saturated carbocycles. The van der Waals surface area contributed by atoms with Crippen molar-refractivity contribution >= 4 is 39.2 Å². The molecule has 2 aromatic heterocycles. The van der Waals surface area contributed by atoms with Crippen LogP contribution in [0.5, 0.6) is 0 Å². The summed E-state index contributed by atoms with van der Waals surface area (Å²) in [4.78, 5) is 30.0. The van der Waals surface area contributed by atoms with Crippen LogP contribution in [-0.4, -0.2) is 42.7 Å². The maximum Gasteiger partial charge on any atom is 0.416 e. The van der Waals surface area contributed by atoms with Crippen molar-refractivity contribution in [1.82, 2.24) is 9.71 Å². The highest BCUT2D eigenvalue weighted by atomic mass is 32.2. The number of ether oxygens (including phenoxy) is 1. The van der Waals surface area contributed by atoms with Gasteiger partial charge in [0, 0.05) is 0 Å². The molecule has 0 spiro atoms. The largest absolute Gasteiger partial charge is 0.480 e. The van der Waals surface area contributed by atoms with Crippen LogP contribution in [0.1, 0.15) is 83.7 Å². The fraction of sp³-hybridized carbons (Fsp3) is 0.452. The number of hydrogen-bond donors (Lipinski definition) is 2. The number of thiophene rings is 1. The third-order valence-electron chi connectivity index (χ3n) is 6.68. The lowest BCUT2D eigenvalue weighted by molar-refractivity contribution is -0.135. The number of aliphatic carboxylic acids is 1. The van der Waals surface area contributed by atoms with Gasteiger partial charge in [-0.15, -0.1) is 11.3 Å². The van der Waals surface area contributed by atoms with Crippen LogP contribution in [0, 0.1) is 0 Å². The molecule has 1 atom stereocenters. The van der Waals surface area contributed by atoms with E-state index in [1.807, 2.05) is 12.1 Å². The molecule has 42 heavy (non-hydrogen) atoms. The van der Waals surface area contributed by atoms with Gasteiger partial charge in [0.2, 0.25) is 0 Å². The Balaban J connectivity index is 1.99. The molecule has 3 aromatic rings. The number of sulfonamides is 1. The minimum atomic E-state index is -3.89. The van der Waals surface area contributed by atoms with E-state index in [4.69, 9.17) is 4.74 Å². The molecule has 0 saturated heterocycles. The lowest BCUT2D eigenvalue weighted by atomic mass is 9.80. The van der Waals surface area contributed by atoms with E-state index in [0.29, 0.717) is 5.69 Å². The first-order valence-electron chi connectivity index (χ1n) is 14.0. The molecule has 11 heteroatoms. The van der Waals surface area contributed by atoms with Gasteiger partial charge in [-0.25, -0.2) is 22.9 Å². The molecule has 228 valence electrons. The molecule has 9 nitrogen and oxygen atoms in total. The van der Waals surface area contributed by atoms with Crippen molar-refractivity contribution in [1.29, 1.82) is 0 Å². The Bertz CT molecular complexity index is 1450. The van der Waals surface area contributed by atoms with E-state index in [1.165, 1.54) is 17.7 Å². The first-order chi connectivity index (χ1) is 19.6. The monoisotopic (exact) mass is 615 g/mol. The highest BCUT2D eigenvalue weighted by molar-refractivity contribution is 7.91. The number of hydrogen-bond acceptors (Lipinski definition) is 7. The maximum atomic E-state index is 13.3. The summed E-state index contributed by atoms with van der Waals surface area (Å²) in [6, 6.07) is 15.3. The van der Waals surface area contributed by atoms with E-state index in [9.17, 15) is 23.1 Å². The number of anilines is 1. The number of amides is 1. The number of pyridine rings is 1. The first-order valence-corrected chi connectivity index (χ1v) is 16.3. The average Bonchev–Trinajstić information content (AvgIpc) is 3.46.